The van der Waals surface area contributed by atoms with Gasteiger partial charge in [-0.15, -0.1) is 0 Å². The largest absolute Gasteiger partial charge is 0.354 e. The third-order valence-electron chi connectivity index (χ3n) is 4.48. The fourth-order valence-corrected chi connectivity index (χ4v) is 4.54. The monoisotopic (exact) mass is 455 g/mol. The van der Waals surface area contributed by atoms with E-state index in [0.717, 1.165) is 15.6 Å². The number of nitriles is 1. The predicted molar refractivity (Wildman–Crippen MR) is 115 cm³/mol. The van der Waals surface area contributed by atoms with Crippen LogP contribution < -0.4 is 10.2 Å². The quantitative estimate of drug-likeness (QED) is 0.559. The summed E-state index contributed by atoms with van der Waals surface area (Å²) in [5.74, 6) is -0.640. The lowest BCUT2D eigenvalue weighted by Gasteiger charge is -2.18. The number of likely N-dealkylation sites (N-methyl/N-ethyl adjacent to an activating group) is 1. The summed E-state index contributed by atoms with van der Waals surface area (Å²) in [6.07, 6.45) is 0.527. The Bertz CT molecular complexity index is 995. The van der Waals surface area contributed by atoms with E-state index in [1.807, 2.05) is 49.4 Å². The number of hydrogen-bond donors (Lipinski definition) is 1. The van der Waals surface area contributed by atoms with Crippen molar-refractivity contribution < 1.29 is 9.59 Å². The topological polar surface area (TPSA) is 73.2 Å². The molecule has 28 heavy (non-hydrogen) atoms. The van der Waals surface area contributed by atoms with Gasteiger partial charge in [-0.2, -0.15) is 5.26 Å². The van der Waals surface area contributed by atoms with Crippen LogP contribution in [0.25, 0.3) is 0 Å². The second kappa shape index (κ2) is 8.63. The lowest BCUT2D eigenvalue weighted by Crippen LogP contribution is -2.31. The normalized spacial score (nSPS) is 18.0. The molecule has 0 aliphatic carbocycles. The molecular formula is C21H18BrN3O2S. The van der Waals surface area contributed by atoms with Crippen LogP contribution in [0.3, 0.4) is 0 Å². The standard InChI is InChI=1S/C21H18BrN3O2S/c1-13-5-3-4-6-14(13)11-18-20(27)25(16-9-7-15(22)8-10-16)21(28-18)17(12-23)19(26)24-2/h3-10,18H,11H2,1-2H3,(H,24,26)/b21-17-/t18-/m0/s1. The second-order valence-electron chi connectivity index (χ2n) is 6.26. The Morgan fingerprint density at radius 1 is 1.25 bits per heavy atom. The van der Waals surface area contributed by atoms with Gasteiger partial charge < -0.3 is 5.32 Å². The fraction of sp³-hybridized carbons (Fsp3) is 0.190. The Morgan fingerprint density at radius 3 is 2.54 bits per heavy atom. The SMILES string of the molecule is CNC(=O)/C(C#N)=C1\S[C@@H](Cc2ccccc2C)C(=O)N1c1ccc(Br)cc1. The van der Waals surface area contributed by atoms with Crippen molar-refractivity contribution in [1.82, 2.24) is 5.32 Å². The predicted octanol–water partition coefficient (Wildman–Crippen LogP) is 3.93. The van der Waals surface area contributed by atoms with E-state index in [0.29, 0.717) is 17.1 Å². The molecule has 1 saturated heterocycles. The van der Waals surface area contributed by atoms with Gasteiger partial charge in [0, 0.05) is 17.2 Å². The molecule has 2 aromatic carbocycles. The van der Waals surface area contributed by atoms with E-state index in [2.05, 4.69) is 21.2 Å². The number of halogens is 1. The lowest BCUT2D eigenvalue weighted by atomic mass is 10.0. The molecule has 0 aromatic heterocycles. The molecule has 142 valence electrons. The highest BCUT2D eigenvalue weighted by atomic mass is 79.9. The highest BCUT2D eigenvalue weighted by molar-refractivity contribution is 9.10. The van der Waals surface area contributed by atoms with Gasteiger partial charge in [-0.3, -0.25) is 14.5 Å². The van der Waals surface area contributed by atoms with Gasteiger partial charge in [0.05, 0.1) is 5.25 Å². The molecule has 0 radical (unpaired) electrons. The third-order valence-corrected chi connectivity index (χ3v) is 6.28. The van der Waals surface area contributed by atoms with E-state index < -0.39 is 11.2 Å². The molecule has 0 bridgehead atoms. The average molecular weight is 456 g/mol. The summed E-state index contributed by atoms with van der Waals surface area (Å²) in [5.41, 5.74) is 2.75. The minimum Gasteiger partial charge on any atom is -0.354 e. The third kappa shape index (κ3) is 3.98. The molecule has 1 atom stereocenters. The molecule has 1 N–H and O–H groups in total. The number of rotatable bonds is 4. The number of carbonyl (C=O) groups excluding carboxylic acids is 2. The van der Waals surface area contributed by atoms with Crippen LogP contribution in [0.1, 0.15) is 11.1 Å². The van der Waals surface area contributed by atoms with Crippen molar-refractivity contribution in [2.24, 2.45) is 0 Å². The van der Waals surface area contributed by atoms with Gasteiger partial charge in [-0.05, 0) is 48.7 Å². The number of nitrogens with one attached hydrogen (secondary N) is 1. The van der Waals surface area contributed by atoms with Gasteiger partial charge in [0.15, 0.2) is 0 Å². The smallest absolute Gasteiger partial charge is 0.264 e. The first kappa shape index (κ1) is 20.2. The van der Waals surface area contributed by atoms with Gasteiger partial charge in [-0.25, -0.2) is 0 Å². The summed E-state index contributed by atoms with van der Waals surface area (Å²) in [6, 6.07) is 17.1. The highest BCUT2D eigenvalue weighted by Gasteiger charge is 2.40. The second-order valence-corrected chi connectivity index (χ2v) is 8.37. The zero-order chi connectivity index (χ0) is 20.3. The van der Waals surface area contributed by atoms with E-state index in [9.17, 15) is 14.9 Å². The molecule has 0 spiro atoms. The van der Waals surface area contributed by atoms with Crippen molar-refractivity contribution in [3.63, 3.8) is 0 Å². The highest BCUT2D eigenvalue weighted by Crippen LogP contribution is 2.42. The first-order valence-electron chi connectivity index (χ1n) is 8.63. The Hall–Kier alpha value is -2.56. The van der Waals surface area contributed by atoms with E-state index >= 15 is 0 Å². The van der Waals surface area contributed by atoms with Crippen LogP contribution in [-0.2, 0) is 16.0 Å². The van der Waals surface area contributed by atoms with E-state index in [1.54, 1.807) is 12.1 Å². The molecule has 0 saturated carbocycles. The van der Waals surface area contributed by atoms with Gasteiger partial charge in [0.1, 0.15) is 16.7 Å². The molecule has 1 aliphatic heterocycles. The maximum absolute atomic E-state index is 13.3. The fourth-order valence-electron chi connectivity index (χ4n) is 2.98. The number of hydrogen-bond acceptors (Lipinski definition) is 4. The van der Waals surface area contributed by atoms with Crippen molar-refractivity contribution in [3.05, 3.63) is 74.7 Å². The van der Waals surface area contributed by atoms with Crippen molar-refractivity contribution in [2.75, 3.05) is 11.9 Å². The zero-order valence-corrected chi connectivity index (χ0v) is 17.8. The number of benzene rings is 2. The van der Waals surface area contributed by atoms with Crippen LogP contribution in [0.5, 0.6) is 0 Å². The molecule has 2 aromatic rings. The molecule has 2 amide bonds. The van der Waals surface area contributed by atoms with Crippen LogP contribution >= 0.6 is 27.7 Å². The number of nitrogens with zero attached hydrogens (tertiary/aromatic N) is 2. The van der Waals surface area contributed by atoms with Gasteiger partial charge in [-0.1, -0.05) is 52.0 Å². The number of anilines is 1. The van der Waals surface area contributed by atoms with Crippen molar-refractivity contribution in [1.29, 1.82) is 5.26 Å². The number of amides is 2. The van der Waals surface area contributed by atoms with Crippen LogP contribution in [0.15, 0.2) is 63.6 Å². The Balaban J connectivity index is 2.06. The van der Waals surface area contributed by atoms with Crippen molar-refractivity contribution >= 4 is 45.2 Å². The number of aryl methyl sites for hydroxylation is 1. The summed E-state index contributed by atoms with van der Waals surface area (Å²) in [4.78, 5) is 27.0. The Kier molecular flexibility index (Phi) is 6.22. The van der Waals surface area contributed by atoms with Gasteiger partial charge in [0.2, 0.25) is 5.91 Å². The lowest BCUT2D eigenvalue weighted by molar-refractivity contribution is -0.117. The van der Waals surface area contributed by atoms with Crippen LogP contribution in [0.4, 0.5) is 5.69 Å². The zero-order valence-electron chi connectivity index (χ0n) is 15.4. The van der Waals surface area contributed by atoms with Crippen molar-refractivity contribution in [3.8, 4) is 6.07 Å². The first-order valence-corrected chi connectivity index (χ1v) is 10.3. The molecule has 3 rings (SSSR count). The summed E-state index contributed by atoms with van der Waals surface area (Å²) in [6.45, 7) is 2.01. The Labute approximate surface area is 176 Å². The molecule has 7 heteroatoms. The summed E-state index contributed by atoms with van der Waals surface area (Å²) in [5, 5.41) is 12.0. The molecule has 1 heterocycles. The van der Waals surface area contributed by atoms with E-state index in [-0.39, 0.29) is 11.5 Å². The molecule has 5 nitrogen and oxygen atoms in total. The average Bonchev–Trinajstić information content (AvgIpc) is 3.01. The maximum Gasteiger partial charge on any atom is 0.264 e. The molecular weight excluding hydrogens is 438 g/mol. The Morgan fingerprint density at radius 2 is 1.93 bits per heavy atom. The summed E-state index contributed by atoms with van der Waals surface area (Å²) in [7, 11) is 1.47. The summed E-state index contributed by atoms with van der Waals surface area (Å²) < 4.78 is 0.879. The van der Waals surface area contributed by atoms with Crippen LogP contribution in [0.2, 0.25) is 0 Å². The number of thioether (sulfide) groups is 1. The van der Waals surface area contributed by atoms with Gasteiger partial charge >= 0.3 is 0 Å². The van der Waals surface area contributed by atoms with Crippen LogP contribution in [0, 0.1) is 18.3 Å². The van der Waals surface area contributed by atoms with E-state index in [1.165, 1.54) is 23.7 Å². The van der Waals surface area contributed by atoms with E-state index in [4.69, 9.17) is 0 Å². The molecule has 1 fully saturated rings. The minimum absolute atomic E-state index is 0.0592. The first-order chi connectivity index (χ1) is 13.5. The minimum atomic E-state index is -0.503. The summed E-state index contributed by atoms with van der Waals surface area (Å²) >= 11 is 4.66. The molecule has 1 aliphatic rings. The van der Waals surface area contributed by atoms with Crippen LogP contribution in [-0.4, -0.2) is 24.1 Å². The van der Waals surface area contributed by atoms with Crippen molar-refractivity contribution in [2.45, 2.75) is 18.6 Å². The maximum atomic E-state index is 13.3. The van der Waals surface area contributed by atoms with Gasteiger partial charge in [0.25, 0.3) is 5.91 Å². The number of carbonyl (C=O) groups is 2. The molecule has 0 unspecified atom stereocenters.